The maximum absolute atomic E-state index is 12.7. The lowest BCUT2D eigenvalue weighted by Gasteiger charge is -2.23. The summed E-state index contributed by atoms with van der Waals surface area (Å²) in [6.07, 6.45) is 0.515. The van der Waals surface area contributed by atoms with Crippen molar-refractivity contribution in [3.8, 4) is 0 Å². The van der Waals surface area contributed by atoms with Gasteiger partial charge in [0.25, 0.3) is 5.91 Å². The molecule has 2 heterocycles. The molecule has 2 aromatic carbocycles. The van der Waals surface area contributed by atoms with Crippen LogP contribution in [0.15, 0.2) is 52.9 Å². The summed E-state index contributed by atoms with van der Waals surface area (Å²) in [5.74, 6) is 0.876. The number of hydrogen-bond donors (Lipinski definition) is 0. The fourth-order valence-corrected chi connectivity index (χ4v) is 7.05. The molecular formula is C20H20N2O3S3. The molecule has 1 saturated heterocycles. The van der Waals surface area contributed by atoms with E-state index in [0.29, 0.717) is 12.0 Å². The van der Waals surface area contributed by atoms with Crippen LogP contribution in [0, 0.1) is 0 Å². The third-order valence-electron chi connectivity index (χ3n) is 4.91. The molecule has 1 aliphatic heterocycles. The van der Waals surface area contributed by atoms with Crippen LogP contribution in [0.1, 0.15) is 22.3 Å². The lowest BCUT2D eigenvalue weighted by atomic mass is 10.1. The number of nitrogens with zero attached hydrogens (tertiary/aromatic N) is 2. The minimum absolute atomic E-state index is 0.0616. The maximum Gasteiger partial charge on any atom is 0.253 e. The molecule has 0 unspecified atom stereocenters. The van der Waals surface area contributed by atoms with Gasteiger partial charge in [0, 0.05) is 24.4 Å². The Morgan fingerprint density at radius 3 is 2.64 bits per heavy atom. The Balaban J connectivity index is 1.38. The van der Waals surface area contributed by atoms with E-state index in [-0.39, 0.29) is 23.5 Å². The first-order chi connectivity index (χ1) is 13.4. The molecule has 0 spiro atoms. The molecule has 0 saturated carbocycles. The van der Waals surface area contributed by atoms with Gasteiger partial charge in [0.2, 0.25) is 0 Å². The van der Waals surface area contributed by atoms with Crippen molar-refractivity contribution >= 4 is 49.1 Å². The second-order valence-corrected chi connectivity index (χ2v) is 11.4. The third-order valence-corrected chi connectivity index (χ3v) is 8.91. The second-order valence-electron chi connectivity index (χ2n) is 6.91. The molecule has 0 aliphatic carbocycles. The molecule has 146 valence electrons. The summed E-state index contributed by atoms with van der Waals surface area (Å²) in [6, 6.07) is 15.4. The molecule has 28 heavy (non-hydrogen) atoms. The normalized spacial score (nSPS) is 18.4. The monoisotopic (exact) mass is 432 g/mol. The fourth-order valence-electron chi connectivity index (χ4n) is 3.25. The van der Waals surface area contributed by atoms with Gasteiger partial charge in [-0.3, -0.25) is 4.79 Å². The molecule has 3 aromatic rings. The molecule has 1 aliphatic rings. The number of carbonyl (C=O) groups is 1. The SMILES string of the molecule is CN(C(=O)c1ccc(CSc2nc3ccccc3s2)cc1)[C@@H]1CCS(=O)(=O)C1. The number of hydrogen-bond acceptors (Lipinski definition) is 6. The topological polar surface area (TPSA) is 67.3 Å². The van der Waals surface area contributed by atoms with Crippen LogP contribution in [-0.4, -0.2) is 48.8 Å². The van der Waals surface area contributed by atoms with Gasteiger partial charge in [-0.1, -0.05) is 36.0 Å². The van der Waals surface area contributed by atoms with E-state index in [0.717, 1.165) is 21.2 Å². The zero-order valence-corrected chi connectivity index (χ0v) is 17.8. The number of sulfone groups is 1. The van der Waals surface area contributed by atoms with E-state index in [2.05, 4.69) is 11.1 Å². The number of para-hydroxylation sites is 1. The maximum atomic E-state index is 12.7. The summed E-state index contributed by atoms with van der Waals surface area (Å²) in [4.78, 5) is 18.8. The van der Waals surface area contributed by atoms with Crippen molar-refractivity contribution in [3.63, 3.8) is 0 Å². The van der Waals surface area contributed by atoms with E-state index in [1.165, 1.54) is 4.70 Å². The van der Waals surface area contributed by atoms with Crippen LogP contribution in [0.4, 0.5) is 0 Å². The van der Waals surface area contributed by atoms with Crippen molar-refractivity contribution < 1.29 is 13.2 Å². The smallest absolute Gasteiger partial charge is 0.253 e. The molecule has 1 aromatic heterocycles. The van der Waals surface area contributed by atoms with Crippen LogP contribution in [0.25, 0.3) is 10.2 Å². The van der Waals surface area contributed by atoms with E-state index in [4.69, 9.17) is 0 Å². The van der Waals surface area contributed by atoms with Gasteiger partial charge in [0.15, 0.2) is 14.2 Å². The highest BCUT2D eigenvalue weighted by Gasteiger charge is 2.32. The zero-order valence-electron chi connectivity index (χ0n) is 15.4. The lowest BCUT2D eigenvalue weighted by molar-refractivity contribution is 0.0747. The predicted octanol–water partition coefficient (Wildman–Crippen LogP) is 3.85. The van der Waals surface area contributed by atoms with Gasteiger partial charge < -0.3 is 4.90 Å². The van der Waals surface area contributed by atoms with Gasteiger partial charge in [0.1, 0.15) is 0 Å². The number of fused-ring (bicyclic) bond motifs is 1. The van der Waals surface area contributed by atoms with Gasteiger partial charge >= 0.3 is 0 Å². The Bertz CT molecular complexity index is 1070. The van der Waals surface area contributed by atoms with E-state index in [1.807, 2.05) is 42.5 Å². The first-order valence-electron chi connectivity index (χ1n) is 8.96. The number of amides is 1. The fraction of sp³-hybridized carbons (Fsp3) is 0.300. The number of benzene rings is 2. The van der Waals surface area contributed by atoms with Crippen molar-refractivity contribution in [1.82, 2.24) is 9.88 Å². The van der Waals surface area contributed by atoms with Gasteiger partial charge in [-0.05, 0) is 36.2 Å². The Kier molecular flexibility index (Phi) is 5.44. The molecular weight excluding hydrogens is 412 g/mol. The Labute approximate surface area is 172 Å². The summed E-state index contributed by atoms with van der Waals surface area (Å²) in [7, 11) is -1.32. The highest BCUT2D eigenvalue weighted by Crippen LogP contribution is 2.31. The van der Waals surface area contributed by atoms with Crippen LogP contribution >= 0.6 is 23.1 Å². The van der Waals surface area contributed by atoms with Crippen LogP contribution in [-0.2, 0) is 15.6 Å². The van der Waals surface area contributed by atoms with Crippen LogP contribution in [0.5, 0.6) is 0 Å². The predicted molar refractivity (Wildman–Crippen MR) is 115 cm³/mol. The average molecular weight is 433 g/mol. The molecule has 5 nitrogen and oxygen atoms in total. The summed E-state index contributed by atoms with van der Waals surface area (Å²) >= 11 is 3.37. The van der Waals surface area contributed by atoms with Crippen molar-refractivity contribution in [2.24, 2.45) is 0 Å². The molecule has 1 amide bonds. The Hall–Kier alpha value is -1.90. The second kappa shape index (κ2) is 7.85. The highest BCUT2D eigenvalue weighted by molar-refractivity contribution is 8.00. The molecule has 0 N–H and O–H groups in total. The number of thiazole rings is 1. The van der Waals surface area contributed by atoms with E-state index in [9.17, 15) is 13.2 Å². The van der Waals surface area contributed by atoms with Gasteiger partial charge in [0.05, 0.1) is 21.7 Å². The number of carbonyl (C=O) groups excluding carboxylic acids is 1. The summed E-state index contributed by atoms with van der Waals surface area (Å²) in [6.45, 7) is 0. The number of rotatable bonds is 5. The minimum Gasteiger partial charge on any atom is -0.338 e. The van der Waals surface area contributed by atoms with Crippen molar-refractivity contribution in [2.75, 3.05) is 18.6 Å². The summed E-state index contributed by atoms with van der Waals surface area (Å²) < 4.78 is 25.5. The average Bonchev–Trinajstić information content (AvgIpc) is 3.28. The summed E-state index contributed by atoms with van der Waals surface area (Å²) in [5, 5.41) is 0. The largest absolute Gasteiger partial charge is 0.338 e. The lowest BCUT2D eigenvalue weighted by Crippen LogP contribution is -2.37. The van der Waals surface area contributed by atoms with E-state index >= 15 is 0 Å². The van der Waals surface area contributed by atoms with Gasteiger partial charge in [-0.15, -0.1) is 11.3 Å². The quantitative estimate of drug-likeness (QED) is 0.573. The first kappa shape index (κ1) is 19.4. The zero-order chi connectivity index (χ0) is 19.7. The first-order valence-corrected chi connectivity index (χ1v) is 12.6. The van der Waals surface area contributed by atoms with E-state index < -0.39 is 9.84 Å². The standard InChI is InChI=1S/C20H20N2O3S3/c1-22(16-10-11-28(24,25)13-16)19(23)15-8-6-14(7-9-15)12-26-20-21-17-4-2-3-5-18(17)27-20/h2-9,16H,10-13H2,1H3/t16-/m1/s1. The number of thioether (sulfide) groups is 1. The van der Waals surface area contributed by atoms with Crippen LogP contribution in [0.2, 0.25) is 0 Å². The molecule has 4 rings (SSSR count). The summed E-state index contributed by atoms with van der Waals surface area (Å²) in [5.41, 5.74) is 2.72. The van der Waals surface area contributed by atoms with Gasteiger partial charge in [-0.2, -0.15) is 0 Å². The highest BCUT2D eigenvalue weighted by atomic mass is 32.2. The van der Waals surface area contributed by atoms with E-state index in [1.54, 1.807) is 35.0 Å². The molecule has 0 bridgehead atoms. The number of aromatic nitrogens is 1. The minimum atomic E-state index is -3.01. The van der Waals surface area contributed by atoms with Crippen LogP contribution < -0.4 is 0 Å². The van der Waals surface area contributed by atoms with Crippen molar-refractivity contribution in [3.05, 3.63) is 59.7 Å². The van der Waals surface area contributed by atoms with Crippen LogP contribution in [0.3, 0.4) is 0 Å². The Morgan fingerprint density at radius 1 is 1.21 bits per heavy atom. The molecule has 1 atom stereocenters. The Morgan fingerprint density at radius 2 is 1.96 bits per heavy atom. The van der Waals surface area contributed by atoms with Crippen molar-refractivity contribution in [2.45, 2.75) is 22.6 Å². The molecule has 8 heteroatoms. The molecule has 0 radical (unpaired) electrons. The third kappa shape index (κ3) is 4.24. The van der Waals surface area contributed by atoms with Crippen molar-refractivity contribution in [1.29, 1.82) is 0 Å². The van der Waals surface area contributed by atoms with Gasteiger partial charge in [-0.25, -0.2) is 13.4 Å². The molecule has 1 fully saturated rings.